The average molecular weight is 242 g/mol. The summed E-state index contributed by atoms with van der Waals surface area (Å²) >= 11 is 0. The van der Waals surface area contributed by atoms with Crippen LogP contribution in [0, 0.1) is 0 Å². The second-order valence-corrected chi connectivity index (χ2v) is 3.92. The molecule has 3 heterocycles. The summed E-state index contributed by atoms with van der Waals surface area (Å²) in [5.41, 5.74) is 0.821. The van der Waals surface area contributed by atoms with E-state index in [9.17, 15) is 0 Å². The van der Waals surface area contributed by atoms with Crippen LogP contribution in [-0.4, -0.2) is 31.0 Å². The van der Waals surface area contributed by atoms with Gasteiger partial charge in [-0.05, 0) is 0 Å². The molecule has 6 nitrogen and oxygen atoms in total. The van der Waals surface area contributed by atoms with E-state index in [2.05, 4.69) is 27.2 Å². The minimum Gasteiger partial charge on any atom is -0.372 e. The largest absolute Gasteiger partial charge is 0.372 e. The number of fused-ring (bicyclic) bond motifs is 1. The van der Waals surface area contributed by atoms with Crippen molar-refractivity contribution in [1.29, 1.82) is 0 Å². The van der Waals surface area contributed by atoms with Crippen LogP contribution in [0.25, 0.3) is 11.5 Å². The highest BCUT2D eigenvalue weighted by Crippen LogP contribution is 2.17. The molecule has 0 saturated heterocycles. The third-order valence-electron chi connectivity index (χ3n) is 2.87. The van der Waals surface area contributed by atoms with E-state index in [0.717, 1.165) is 29.5 Å². The molecule has 0 radical (unpaired) electrons. The van der Waals surface area contributed by atoms with Gasteiger partial charge in [-0.3, -0.25) is 4.57 Å². The summed E-state index contributed by atoms with van der Waals surface area (Å²) in [4.78, 5) is 13.2. The summed E-state index contributed by atoms with van der Waals surface area (Å²) < 4.78 is 3.93. The number of aromatic nitrogens is 5. The van der Waals surface area contributed by atoms with Crippen molar-refractivity contribution in [3.05, 3.63) is 36.8 Å². The molecule has 0 aliphatic rings. The highest BCUT2D eigenvalue weighted by atomic mass is 15.2. The molecule has 3 rings (SSSR count). The predicted octanol–water partition coefficient (Wildman–Crippen LogP) is 1.52. The summed E-state index contributed by atoms with van der Waals surface area (Å²) in [6.07, 6.45) is 10.1. The molecule has 1 N–H and O–H groups in total. The number of nitrogens with zero attached hydrogens (tertiary/aromatic N) is 5. The van der Waals surface area contributed by atoms with Crippen molar-refractivity contribution < 1.29 is 0 Å². The van der Waals surface area contributed by atoms with Crippen LogP contribution in [-0.2, 0) is 6.42 Å². The average Bonchev–Trinajstić information content (AvgIpc) is 3.05. The monoisotopic (exact) mass is 242 g/mol. The highest BCUT2D eigenvalue weighted by Gasteiger charge is 2.11. The topological polar surface area (TPSA) is 60.0 Å². The molecule has 0 aromatic carbocycles. The normalized spacial score (nSPS) is 11.0. The zero-order chi connectivity index (χ0) is 12.5. The Hall–Kier alpha value is -2.37. The van der Waals surface area contributed by atoms with Crippen LogP contribution in [0.15, 0.2) is 31.0 Å². The Labute approximate surface area is 104 Å². The van der Waals surface area contributed by atoms with Crippen LogP contribution in [0.2, 0.25) is 0 Å². The Bertz CT molecular complexity index is 681. The third kappa shape index (κ3) is 1.54. The lowest BCUT2D eigenvalue weighted by Gasteiger charge is -2.09. The van der Waals surface area contributed by atoms with Gasteiger partial charge in [0.05, 0.1) is 6.20 Å². The molecule has 3 aromatic heterocycles. The minimum absolute atomic E-state index is 0.793. The van der Waals surface area contributed by atoms with Crippen molar-refractivity contribution >= 4 is 11.5 Å². The van der Waals surface area contributed by atoms with Gasteiger partial charge >= 0.3 is 0 Å². The van der Waals surface area contributed by atoms with Gasteiger partial charge in [-0.1, -0.05) is 6.92 Å². The number of hydrogen-bond donors (Lipinski definition) is 1. The lowest BCUT2D eigenvalue weighted by Crippen LogP contribution is -2.07. The lowest BCUT2D eigenvalue weighted by atomic mass is 10.4. The fraction of sp³-hybridized carbons (Fsp3) is 0.250. The Kier molecular flexibility index (Phi) is 2.47. The summed E-state index contributed by atoms with van der Waals surface area (Å²) in [7, 11) is 1.85. The van der Waals surface area contributed by atoms with E-state index in [1.807, 2.05) is 34.6 Å². The second-order valence-electron chi connectivity index (χ2n) is 3.92. The number of rotatable bonds is 3. The Morgan fingerprint density at radius 3 is 2.83 bits per heavy atom. The standard InChI is InChI=1S/C12H14N6/c1-3-10-14-5-7-18(10)12-11-15-4-6-17(11)8-9(13-2)16-12/h4-8,13H,3H2,1-2H3. The number of anilines is 1. The van der Waals surface area contributed by atoms with E-state index < -0.39 is 0 Å². The van der Waals surface area contributed by atoms with Crippen LogP contribution in [0.5, 0.6) is 0 Å². The molecule has 0 unspecified atom stereocenters. The van der Waals surface area contributed by atoms with Gasteiger partial charge in [0.1, 0.15) is 11.6 Å². The molecule has 0 spiro atoms. The molecule has 18 heavy (non-hydrogen) atoms. The highest BCUT2D eigenvalue weighted by molar-refractivity contribution is 5.58. The fourth-order valence-corrected chi connectivity index (χ4v) is 1.99. The van der Waals surface area contributed by atoms with Gasteiger partial charge < -0.3 is 9.72 Å². The minimum atomic E-state index is 0.793. The molecular weight excluding hydrogens is 228 g/mol. The maximum atomic E-state index is 4.57. The van der Waals surface area contributed by atoms with Gasteiger partial charge in [0.25, 0.3) is 0 Å². The molecule has 0 bridgehead atoms. The predicted molar refractivity (Wildman–Crippen MR) is 69.0 cm³/mol. The molecular formula is C12H14N6. The molecule has 92 valence electrons. The van der Waals surface area contributed by atoms with Crippen molar-refractivity contribution in [2.45, 2.75) is 13.3 Å². The maximum absolute atomic E-state index is 4.57. The zero-order valence-corrected chi connectivity index (χ0v) is 10.3. The Balaban J connectivity index is 2.30. The van der Waals surface area contributed by atoms with Crippen molar-refractivity contribution in [2.75, 3.05) is 12.4 Å². The van der Waals surface area contributed by atoms with E-state index in [-0.39, 0.29) is 0 Å². The van der Waals surface area contributed by atoms with Crippen LogP contribution in [0.4, 0.5) is 5.82 Å². The molecule has 0 atom stereocenters. The third-order valence-corrected chi connectivity index (χ3v) is 2.87. The van der Waals surface area contributed by atoms with Crippen LogP contribution in [0.1, 0.15) is 12.7 Å². The quantitative estimate of drug-likeness (QED) is 0.756. The first kappa shape index (κ1) is 10.8. The maximum Gasteiger partial charge on any atom is 0.184 e. The summed E-state index contributed by atoms with van der Waals surface area (Å²) in [5, 5.41) is 3.06. The molecule has 0 saturated carbocycles. The number of imidazole rings is 2. The van der Waals surface area contributed by atoms with Gasteiger partial charge in [0.2, 0.25) is 0 Å². The van der Waals surface area contributed by atoms with Crippen LogP contribution < -0.4 is 5.32 Å². The van der Waals surface area contributed by atoms with Crippen LogP contribution >= 0.6 is 0 Å². The van der Waals surface area contributed by atoms with E-state index in [4.69, 9.17) is 0 Å². The molecule has 0 aliphatic heterocycles. The number of hydrogen-bond acceptors (Lipinski definition) is 4. The van der Waals surface area contributed by atoms with Crippen molar-refractivity contribution in [3.8, 4) is 5.82 Å². The van der Waals surface area contributed by atoms with E-state index in [1.165, 1.54) is 0 Å². The summed E-state index contributed by atoms with van der Waals surface area (Å²) in [6.45, 7) is 2.07. The molecule has 3 aromatic rings. The first-order valence-electron chi connectivity index (χ1n) is 5.87. The molecule has 0 amide bonds. The lowest BCUT2D eigenvalue weighted by molar-refractivity contribution is 0.863. The van der Waals surface area contributed by atoms with E-state index in [1.54, 1.807) is 12.4 Å². The van der Waals surface area contributed by atoms with Gasteiger partial charge in [0, 0.05) is 38.3 Å². The van der Waals surface area contributed by atoms with Gasteiger partial charge in [-0.15, -0.1) is 0 Å². The van der Waals surface area contributed by atoms with Gasteiger partial charge in [-0.2, -0.15) is 0 Å². The van der Waals surface area contributed by atoms with Crippen molar-refractivity contribution in [3.63, 3.8) is 0 Å². The number of aryl methyl sites for hydroxylation is 1. The van der Waals surface area contributed by atoms with Gasteiger partial charge in [-0.25, -0.2) is 15.0 Å². The van der Waals surface area contributed by atoms with E-state index in [0.29, 0.717) is 0 Å². The number of nitrogens with one attached hydrogen (secondary N) is 1. The van der Waals surface area contributed by atoms with Gasteiger partial charge in [0.15, 0.2) is 11.5 Å². The Morgan fingerprint density at radius 2 is 2.06 bits per heavy atom. The first-order valence-corrected chi connectivity index (χ1v) is 5.87. The first-order chi connectivity index (χ1) is 8.83. The smallest absolute Gasteiger partial charge is 0.184 e. The van der Waals surface area contributed by atoms with Crippen LogP contribution in [0.3, 0.4) is 0 Å². The van der Waals surface area contributed by atoms with E-state index >= 15 is 0 Å². The summed E-state index contributed by atoms with van der Waals surface area (Å²) in [5.74, 6) is 2.56. The molecule has 0 aliphatic carbocycles. The summed E-state index contributed by atoms with van der Waals surface area (Å²) in [6, 6.07) is 0. The van der Waals surface area contributed by atoms with Crippen molar-refractivity contribution in [1.82, 2.24) is 23.9 Å². The van der Waals surface area contributed by atoms with Crippen molar-refractivity contribution in [2.24, 2.45) is 0 Å². The SMILES string of the molecule is CCc1nccn1-c1nc(NC)cn2ccnc12. The Morgan fingerprint density at radius 1 is 1.22 bits per heavy atom. The molecule has 6 heteroatoms. The molecule has 0 fully saturated rings. The zero-order valence-electron chi connectivity index (χ0n) is 10.3. The second kappa shape index (κ2) is 4.14. The fourth-order valence-electron chi connectivity index (χ4n) is 1.99.